The zero-order chi connectivity index (χ0) is 13.3. The van der Waals surface area contributed by atoms with E-state index in [1.807, 2.05) is 0 Å². The molecule has 0 fully saturated rings. The van der Waals surface area contributed by atoms with Gasteiger partial charge >= 0.3 is 0 Å². The van der Waals surface area contributed by atoms with E-state index in [0.717, 1.165) is 0 Å². The van der Waals surface area contributed by atoms with Crippen molar-refractivity contribution in [2.24, 2.45) is 0 Å². The van der Waals surface area contributed by atoms with Gasteiger partial charge in [-0.3, -0.25) is 4.98 Å². The standard InChI is InChI=1S/C11H14N4O2S/c1-15(2)14-18(16,17)10-6-5-9(12)8-4-3-7-13-11(8)10/h3-7,14H,12H2,1-2H3. The number of hydrazine groups is 1. The maximum Gasteiger partial charge on any atom is 0.255 e. The molecule has 0 saturated carbocycles. The zero-order valence-electron chi connectivity index (χ0n) is 10.1. The van der Waals surface area contributed by atoms with Crippen LogP contribution in [0, 0.1) is 0 Å². The van der Waals surface area contributed by atoms with E-state index < -0.39 is 10.0 Å². The summed E-state index contributed by atoms with van der Waals surface area (Å²) in [5.41, 5.74) is 6.67. The predicted molar refractivity (Wildman–Crippen MR) is 70.2 cm³/mol. The molecule has 0 radical (unpaired) electrons. The molecule has 0 bridgehead atoms. The normalized spacial score (nSPS) is 12.2. The number of hydrogen-bond acceptors (Lipinski definition) is 5. The fourth-order valence-corrected chi connectivity index (χ4v) is 2.92. The molecule has 0 aliphatic rings. The largest absolute Gasteiger partial charge is 0.398 e. The van der Waals surface area contributed by atoms with E-state index in [0.29, 0.717) is 16.6 Å². The van der Waals surface area contributed by atoms with Crippen LogP contribution in [-0.4, -0.2) is 32.5 Å². The molecule has 96 valence electrons. The molecule has 1 aromatic heterocycles. The Balaban J connectivity index is 2.70. The highest BCUT2D eigenvalue weighted by atomic mass is 32.2. The third-order valence-electron chi connectivity index (χ3n) is 2.36. The van der Waals surface area contributed by atoms with Gasteiger partial charge in [0.15, 0.2) is 0 Å². The minimum atomic E-state index is -3.65. The Hall–Kier alpha value is -1.70. The topological polar surface area (TPSA) is 88.3 Å². The minimum absolute atomic E-state index is 0.112. The van der Waals surface area contributed by atoms with Crippen LogP contribution in [0.5, 0.6) is 0 Å². The van der Waals surface area contributed by atoms with E-state index in [2.05, 4.69) is 9.82 Å². The third-order valence-corrected chi connectivity index (χ3v) is 3.87. The number of anilines is 1. The van der Waals surface area contributed by atoms with Crippen molar-refractivity contribution in [1.82, 2.24) is 14.8 Å². The van der Waals surface area contributed by atoms with Gasteiger partial charge in [-0.05, 0) is 24.3 Å². The Labute approximate surface area is 105 Å². The van der Waals surface area contributed by atoms with Crippen molar-refractivity contribution >= 4 is 26.6 Å². The molecular formula is C11H14N4O2S. The summed E-state index contributed by atoms with van der Waals surface area (Å²) in [7, 11) is -0.442. The van der Waals surface area contributed by atoms with Crippen LogP contribution in [0.2, 0.25) is 0 Å². The molecule has 18 heavy (non-hydrogen) atoms. The van der Waals surface area contributed by atoms with Gasteiger partial charge in [-0.1, -0.05) is 0 Å². The first kappa shape index (κ1) is 12.7. The van der Waals surface area contributed by atoms with Crippen molar-refractivity contribution in [3.05, 3.63) is 30.5 Å². The summed E-state index contributed by atoms with van der Waals surface area (Å²) in [6.07, 6.45) is 1.54. The van der Waals surface area contributed by atoms with Crippen LogP contribution in [0.15, 0.2) is 35.4 Å². The number of nitrogens with zero attached hydrogens (tertiary/aromatic N) is 2. The smallest absolute Gasteiger partial charge is 0.255 e. The summed E-state index contributed by atoms with van der Waals surface area (Å²) >= 11 is 0. The lowest BCUT2D eigenvalue weighted by molar-refractivity contribution is 0.364. The molecule has 6 nitrogen and oxygen atoms in total. The molecule has 0 aliphatic carbocycles. The highest BCUT2D eigenvalue weighted by Crippen LogP contribution is 2.25. The molecule has 1 heterocycles. The number of benzene rings is 1. The molecule has 0 atom stereocenters. The summed E-state index contributed by atoms with van der Waals surface area (Å²) < 4.78 is 24.3. The molecule has 1 aromatic carbocycles. The lowest BCUT2D eigenvalue weighted by atomic mass is 10.2. The average Bonchev–Trinajstić information content (AvgIpc) is 2.27. The fraction of sp³-hybridized carbons (Fsp3) is 0.182. The van der Waals surface area contributed by atoms with E-state index in [1.54, 1.807) is 32.3 Å². The number of aromatic nitrogens is 1. The Morgan fingerprint density at radius 1 is 1.28 bits per heavy atom. The molecule has 2 aromatic rings. The number of rotatable bonds is 3. The number of nitrogens with two attached hydrogens (primary N) is 1. The van der Waals surface area contributed by atoms with Gasteiger partial charge in [-0.25, -0.2) is 13.4 Å². The van der Waals surface area contributed by atoms with Crippen molar-refractivity contribution in [3.63, 3.8) is 0 Å². The Bertz CT molecular complexity index is 683. The van der Waals surface area contributed by atoms with Crippen molar-refractivity contribution < 1.29 is 8.42 Å². The molecular weight excluding hydrogens is 252 g/mol. The maximum absolute atomic E-state index is 12.1. The summed E-state index contributed by atoms with van der Waals surface area (Å²) in [6, 6.07) is 6.48. The first-order valence-electron chi connectivity index (χ1n) is 5.25. The van der Waals surface area contributed by atoms with E-state index in [1.165, 1.54) is 17.3 Å². The van der Waals surface area contributed by atoms with E-state index in [9.17, 15) is 8.42 Å². The van der Waals surface area contributed by atoms with Gasteiger partial charge in [0.05, 0.1) is 5.52 Å². The molecule has 7 heteroatoms. The number of nitrogen functional groups attached to an aromatic ring is 1. The third kappa shape index (κ3) is 2.28. The zero-order valence-corrected chi connectivity index (χ0v) is 10.9. The number of pyridine rings is 1. The second kappa shape index (κ2) is 4.52. The Morgan fingerprint density at radius 3 is 2.67 bits per heavy atom. The van der Waals surface area contributed by atoms with Crippen LogP contribution in [0.4, 0.5) is 5.69 Å². The van der Waals surface area contributed by atoms with Gasteiger partial charge in [0.25, 0.3) is 10.0 Å². The molecule has 0 amide bonds. The summed E-state index contributed by atoms with van der Waals surface area (Å²) in [5.74, 6) is 0. The van der Waals surface area contributed by atoms with Gasteiger partial charge in [0.2, 0.25) is 0 Å². The number of hydrogen-bond donors (Lipinski definition) is 2. The van der Waals surface area contributed by atoms with Gasteiger partial charge in [0, 0.05) is 31.4 Å². The summed E-state index contributed by atoms with van der Waals surface area (Å²) in [6.45, 7) is 0. The second-order valence-electron chi connectivity index (χ2n) is 4.04. The number of fused-ring (bicyclic) bond motifs is 1. The fourth-order valence-electron chi connectivity index (χ4n) is 1.68. The SMILES string of the molecule is CN(C)NS(=O)(=O)c1ccc(N)c2cccnc12. The lowest BCUT2D eigenvalue weighted by Gasteiger charge is -2.14. The number of sulfonamides is 1. The van der Waals surface area contributed by atoms with Crippen LogP contribution in [0.3, 0.4) is 0 Å². The average molecular weight is 266 g/mol. The Morgan fingerprint density at radius 2 is 2.00 bits per heavy atom. The van der Waals surface area contributed by atoms with Gasteiger partial charge in [-0.15, -0.1) is 4.83 Å². The van der Waals surface area contributed by atoms with Crippen LogP contribution < -0.4 is 10.6 Å². The molecule has 3 N–H and O–H groups in total. The van der Waals surface area contributed by atoms with Gasteiger partial charge in [0.1, 0.15) is 4.90 Å². The monoisotopic (exact) mass is 266 g/mol. The molecule has 0 spiro atoms. The van der Waals surface area contributed by atoms with Crippen molar-refractivity contribution in [2.75, 3.05) is 19.8 Å². The maximum atomic E-state index is 12.1. The van der Waals surface area contributed by atoms with Crippen LogP contribution in [0.1, 0.15) is 0 Å². The van der Waals surface area contributed by atoms with Gasteiger partial charge < -0.3 is 5.73 Å². The molecule has 0 aliphatic heterocycles. The van der Waals surface area contributed by atoms with E-state index >= 15 is 0 Å². The predicted octanol–water partition coefficient (Wildman–Crippen LogP) is 0.572. The van der Waals surface area contributed by atoms with Crippen LogP contribution >= 0.6 is 0 Å². The molecule has 2 rings (SSSR count). The summed E-state index contributed by atoms with van der Waals surface area (Å²) in [5, 5.41) is 1.99. The lowest BCUT2D eigenvalue weighted by Crippen LogP contribution is -2.36. The Kier molecular flexibility index (Phi) is 3.20. The highest BCUT2D eigenvalue weighted by molar-refractivity contribution is 7.89. The van der Waals surface area contributed by atoms with Crippen LogP contribution in [0.25, 0.3) is 10.9 Å². The van der Waals surface area contributed by atoms with Crippen molar-refractivity contribution in [1.29, 1.82) is 0 Å². The van der Waals surface area contributed by atoms with E-state index in [4.69, 9.17) is 5.73 Å². The minimum Gasteiger partial charge on any atom is -0.398 e. The second-order valence-corrected chi connectivity index (χ2v) is 5.67. The van der Waals surface area contributed by atoms with Gasteiger partial charge in [-0.2, -0.15) is 0 Å². The molecule has 0 unspecified atom stereocenters. The van der Waals surface area contributed by atoms with Crippen molar-refractivity contribution in [3.8, 4) is 0 Å². The first-order valence-corrected chi connectivity index (χ1v) is 6.73. The van der Waals surface area contributed by atoms with Crippen LogP contribution in [-0.2, 0) is 10.0 Å². The molecule has 0 saturated heterocycles. The number of nitrogens with one attached hydrogen (secondary N) is 1. The summed E-state index contributed by atoms with van der Waals surface area (Å²) in [4.78, 5) is 6.58. The first-order chi connectivity index (χ1) is 8.42. The van der Waals surface area contributed by atoms with E-state index in [-0.39, 0.29) is 4.90 Å². The quantitative estimate of drug-likeness (QED) is 0.626. The highest BCUT2D eigenvalue weighted by Gasteiger charge is 2.19. The van der Waals surface area contributed by atoms with Crippen molar-refractivity contribution in [2.45, 2.75) is 4.90 Å².